The number of carbonyl (C=O) groups excluding carboxylic acids is 3. The number of fused-ring (bicyclic) bond motifs is 2. The molecule has 0 saturated carbocycles. The lowest BCUT2D eigenvalue weighted by molar-refractivity contribution is -0.663. The van der Waals surface area contributed by atoms with Gasteiger partial charge in [0.2, 0.25) is 5.91 Å². The highest BCUT2D eigenvalue weighted by Crippen LogP contribution is 2.31. The molecular weight excluding hydrogens is 504 g/mol. The Kier molecular flexibility index (Phi) is 10.6. The molecule has 0 spiro atoms. The zero-order chi connectivity index (χ0) is 27.1. The minimum atomic E-state index is -4.63. The number of rotatable bonds is 14. The largest absolute Gasteiger partial charge is 0.465 e. The van der Waals surface area contributed by atoms with E-state index in [2.05, 4.69) is 17.6 Å². The Hall–Kier alpha value is -1.96. The molecule has 0 aromatic rings. The van der Waals surface area contributed by atoms with Crippen LogP contribution in [0, 0.1) is 5.41 Å². The number of unbranched alkanes of at least 4 members (excludes halogenated alkanes) is 4. The second kappa shape index (κ2) is 13.2. The molecule has 12 nitrogen and oxygen atoms in total. The monoisotopic (exact) mass is 547 g/mol. The third kappa shape index (κ3) is 8.26. The molecule has 2 bridgehead atoms. The van der Waals surface area contributed by atoms with Crippen LogP contribution < -0.4 is 10.6 Å². The van der Waals surface area contributed by atoms with Gasteiger partial charge in [-0.1, -0.05) is 32.6 Å². The van der Waals surface area contributed by atoms with Crippen LogP contribution in [-0.4, -0.2) is 87.3 Å². The van der Waals surface area contributed by atoms with Crippen molar-refractivity contribution in [3.8, 4) is 0 Å². The molecule has 3 N–H and O–H groups in total. The second-order valence-corrected chi connectivity index (χ2v) is 12.0. The molecule has 0 aliphatic carbocycles. The highest BCUT2D eigenvalue weighted by atomic mass is 32.3. The third-order valence-electron chi connectivity index (χ3n) is 7.18. The fourth-order valence-corrected chi connectivity index (χ4v) is 5.70. The zero-order valence-electron chi connectivity index (χ0n) is 22.3. The second-order valence-electron chi connectivity index (χ2n) is 10.8. The molecule has 0 radical (unpaired) electrons. The van der Waals surface area contributed by atoms with Crippen molar-refractivity contribution in [3.63, 3.8) is 0 Å². The third-order valence-corrected chi connectivity index (χ3v) is 7.93. The smallest absolute Gasteiger partial charge is 0.421 e. The molecule has 3 heterocycles. The number of nitrogens with one attached hydrogen (secondary N) is 1. The van der Waals surface area contributed by atoms with Crippen molar-refractivity contribution in [3.05, 3.63) is 0 Å². The normalized spacial score (nSPS) is 22.8. The fraction of sp³-hybridized carbons (Fsp3) is 0.875. The van der Waals surface area contributed by atoms with Crippen molar-refractivity contribution < 1.29 is 41.3 Å². The molecule has 3 amide bonds. The average Bonchev–Trinajstić information content (AvgIpc) is 3.09. The number of ether oxygens (including phenoxy) is 1. The zero-order valence-corrected chi connectivity index (χ0v) is 23.1. The van der Waals surface area contributed by atoms with Crippen LogP contribution in [0.15, 0.2) is 0 Å². The average molecular weight is 548 g/mol. The van der Waals surface area contributed by atoms with Gasteiger partial charge >= 0.3 is 22.4 Å². The van der Waals surface area contributed by atoms with Crippen LogP contribution in [0.2, 0.25) is 0 Å². The van der Waals surface area contributed by atoms with Gasteiger partial charge in [0.25, 0.3) is 0 Å². The predicted molar refractivity (Wildman–Crippen MR) is 133 cm³/mol. The van der Waals surface area contributed by atoms with Gasteiger partial charge in [-0.25, -0.2) is 8.98 Å². The summed E-state index contributed by atoms with van der Waals surface area (Å²) in [5, 5.41) is 6.01. The van der Waals surface area contributed by atoms with E-state index in [1.54, 1.807) is 0 Å². The summed E-state index contributed by atoms with van der Waals surface area (Å²) in [7, 11) is -4.63. The Balaban J connectivity index is 1.47. The number of esters is 1. The Labute approximate surface area is 220 Å². The molecule has 0 aromatic heterocycles. The summed E-state index contributed by atoms with van der Waals surface area (Å²) in [4.78, 5) is 39.6. The number of amides is 3. The number of nitrogens with zero attached hydrogens (tertiary/aromatic N) is 2. The number of urea groups is 1. The van der Waals surface area contributed by atoms with E-state index in [1.165, 1.54) is 18.7 Å². The van der Waals surface area contributed by atoms with Gasteiger partial charge in [-0.2, -0.15) is 13.5 Å². The number of piperidine rings is 2. The summed E-state index contributed by atoms with van der Waals surface area (Å²) in [6.07, 6.45) is 7.64. The van der Waals surface area contributed by atoms with E-state index in [0.717, 1.165) is 63.1 Å². The molecule has 0 aromatic carbocycles. The minimum absolute atomic E-state index is 0.0881. The summed E-state index contributed by atoms with van der Waals surface area (Å²) in [6, 6.07) is -1.77. The van der Waals surface area contributed by atoms with Crippen LogP contribution in [-0.2, 0) is 33.2 Å². The number of quaternary nitrogens is 1. The molecule has 3 aliphatic rings. The maximum Gasteiger partial charge on any atom is 0.421 e. The molecule has 212 valence electrons. The summed E-state index contributed by atoms with van der Waals surface area (Å²) >= 11 is 0. The molecule has 3 saturated heterocycles. The lowest BCUT2D eigenvalue weighted by Crippen LogP contribution is -2.87. The van der Waals surface area contributed by atoms with E-state index in [0.29, 0.717) is 12.8 Å². The fourth-order valence-electron chi connectivity index (χ4n) is 4.84. The van der Waals surface area contributed by atoms with Gasteiger partial charge in [0, 0.05) is 25.4 Å². The topological polar surface area (TPSA) is 148 Å². The van der Waals surface area contributed by atoms with Gasteiger partial charge in [0.15, 0.2) is 0 Å². The van der Waals surface area contributed by atoms with E-state index in [-0.39, 0.29) is 25.1 Å². The first kappa shape index (κ1) is 29.6. The van der Waals surface area contributed by atoms with Gasteiger partial charge in [0.05, 0.1) is 37.8 Å². The Morgan fingerprint density at radius 3 is 2.49 bits per heavy atom. The summed E-state index contributed by atoms with van der Waals surface area (Å²) in [5.74, 6) is -0.785. The quantitative estimate of drug-likeness (QED) is 0.240. The van der Waals surface area contributed by atoms with Crippen LogP contribution in [0.1, 0.15) is 78.6 Å². The lowest BCUT2D eigenvalue weighted by atomic mass is 9.95. The van der Waals surface area contributed by atoms with Crippen LogP contribution in [0.4, 0.5) is 4.79 Å². The Morgan fingerprint density at radius 2 is 1.78 bits per heavy atom. The first-order valence-electron chi connectivity index (χ1n) is 13.5. The van der Waals surface area contributed by atoms with Crippen molar-refractivity contribution in [2.75, 3.05) is 32.8 Å². The van der Waals surface area contributed by atoms with E-state index < -0.39 is 46.5 Å². The number of nitrogens with two attached hydrogens (primary N) is 1. The molecule has 3 aliphatic heterocycles. The van der Waals surface area contributed by atoms with Crippen LogP contribution >= 0.6 is 0 Å². The van der Waals surface area contributed by atoms with Gasteiger partial charge in [-0.15, -0.1) is 4.28 Å². The molecule has 13 heteroatoms. The molecule has 0 unspecified atom stereocenters. The highest BCUT2D eigenvalue weighted by molar-refractivity contribution is 7.81. The minimum Gasteiger partial charge on any atom is -0.465 e. The Morgan fingerprint density at radius 1 is 1.08 bits per heavy atom. The van der Waals surface area contributed by atoms with Crippen LogP contribution in [0.3, 0.4) is 0 Å². The lowest BCUT2D eigenvalue weighted by Gasteiger charge is -2.31. The van der Waals surface area contributed by atoms with Crippen molar-refractivity contribution >= 4 is 28.3 Å². The Bertz CT molecular complexity index is 906. The standard InChI is InChI=1S/C24H42N4O8S/c1-4-5-6-7-8-15-34-22(30)24(2,3)17-35-37(32,33)36-28-19-9-10-20(27(16-19)23(28)31)21(29)26-18-11-13-25-14-12-18/h18-20,25H,4-17H2,1-3H3,(H,26,29)/p+1/t19-,20+/m1/s1. The number of carbonyl (C=O) groups is 3. The number of hydrogen-bond acceptors (Lipinski definition) is 8. The van der Waals surface area contributed by atoms with Gasteiger partial charge in [-0.05, 0) is 33.1 Å². The summed E-state index contributed by atoms with van der Waals surface area (Å²) in [6.45, 7) is 7.04. The number of hydrogen-bond donors (Lipinski definition) is 2. The highest BCUT2D eigenvalue weighted by Gasteiger charge is 2.50. The first-order valence-corrected chi connectivity index (χ1v) is 14.9. The van der Waals surface area contributed by atoms with Crippen molar-refractivity contribution in [2.24, 2.45) is 5.41 Å². The van der Waals surface area contributed by atoms with Crippen LogP contribution in [0.5, 0.6) is 0 Å². The summed E-state index contributed by atoms with van der Waals surface area (Å²) < 4.78 is 40.3. The van der Waals surface area contributed by atoms with Crippen molar-refractivity contribution in [1.29, 1.82) is 0 Å². The first-order chi connectivity index (χ1) is 17.5. The van der Waals surface area contributed by atoms with E-state index in [4.69, 9.17) is 13.2 Å². The van der Waals surface area contributed by atoms with Gasteiger partial charge in [0.1, 0.15) is 6.04 Å². The number of hydroxylamine groups is 2. The van der Waals surface area contributed by atoms with E-state index in [1.807, 2.05) is 0 Å². The van der Waals surface area contributed by atoms with Crippen molar-refractivity contribution in [1.82, 2.24) is 15.3 Å². The van der Waals surface area contributed by atoms with Crippen molar-refractivity contribution in [2.45, 2.75) is 96.7 Å². The molecule has 37 heavy (non-hydrogen) atoms. The summed E-state index contributed by atoms with van der Waals surface area (Å²) in [5.41, 5.74) is -1.23. The molecule has 3 fully saturated rings. The van der Waals surface area contributed by atoms with E-state index >= 15 is 0 Å². The predicted octanol–water partition coefficient (Wildman–Crippen LogP) is 0.830. The van der Waals surface area contributed by atoms with Gasteiger partial charge in [-0.3, -0.25) is 9.59 Å². The maximum absolute atomic E-state index is 12.9. The van der Waals surface area contributed by atoms with E-state index in [9.17, 15) is 22.8 Å². The van der Waals surface area contributed by atoms with Crippen LogP contribution in [0.25, 0.3) is 0 Å². The molecule has 3 rings (SSSR count). The SMILES string of the molecule is CCCCCCCOC(=O)C(C)(C)COS(=O)(=O)ON1C(=O)N2C[C@H]1CC[C@H]2C(=O)NC1CC[NH2+]CC1. The molecular formula is C24H43N4O8S+. The van der Waals surface area contributed by atoms with Gasteiger partial charge < -0.3 is 20.3 Å². The molecule has 2 atom stereocenters. The maximum atomic E-state index is 12.9.